The molecule has 0 atom stereocenters. The molecule has 0 saturated carbocycles. The zero-order valence-electron chi connectivity index (χ0n) is 8.39. The predicted octanol–water partition coefficient (Wildman–Crippen LogP) is 0.530. The van der Waals surface area contributed by atoms with Gasteiger partial charge < -0.3 is 10.6 Å². The van der Waals surface area contributed by atoms with Gasteiger partial charge in [0.1, 0.15) is 0 Å². The van der Waals surface area contributed by atoms with Crippen LogP contribution in [0.25, 0.3) is 0 Å². The fraction of sp³-hybridized carbons (Fsp3) is 0.556. The van der Waals surface area contributed by atoms with Crippen LogP contribution in [0.3, 0.4) is 0 Å². The molecule has 0 aromatic carbocycles. The molecule has 4 nitrogen and oxygen atoms in total. The average molecular weight is 180 g/mol. The molecule has 1 aliphatic rings. The summed E-state index contributed by atoms with van der Waals surface area (Å²) in [6.45, 7) is 5.57. The molecule has 0 aromatic rings. The minimum atomic E-state index is 0.751. The molecular weight excluding hydrogens is 164 g/mol. The van der Waals surface area contributed by atoms with Crippen LogP contribution in [-0.2, 0) is 0 Å². The summed E-state index contributed by atoms with van der Waals surface area (Å²) in [6, 6.07) is 0. The van der Waals surface area contributed by atoms with E-state index < -0.39 is 0 Å². The Bertz CT molecular complexity index is 263. The summed E-state index contributed by atoms with van der Waals surface area (Å²) < 4.78 is 0. The van der Waals surface area contributed by atoms with Crippen LogP contribution in [0.5, 0.6) is 0 Å². The summed E-state index contributed by atoms with van der Waals surface area (Å²) in [6.07, 6.45) is 1.93. The molecule has 0 fully saturated rings. The fourth-order valence-corrected chi connectivity index (χ4v) is 0.959. The van der Waals surface area contributed by atoms with Crippen LogP contribution in [0, 0.1) is 0 Å². The number of rotatable bonds is 0. The van der Waals surface area contributed by atoms with Crippen LogP contribution in [0.1, 0.15) is 13.8 Å². The molecule has 4 heteroatoms. The normalized spacial score (nSPS) is 25.6. The van der Waals surface area contributed by atoms with Gasteiger partial charge in [0.25, 0.3) is 0 Å². The van der Waals surface area contributed by atoms with Gasteiger partial charge in [0, 0.05) is 19.0 Å². The standard InChI is InChI=1S/C9H16N4/c1-7-4-11-8(2)6-13-9(10-3)12-5-7/h5H,4,6H2,1-3H3,(H2,10,12,13)/b7-5-,11-8?. The van der Waals surface area contributed by atoms with E-state index in [2.05, 4.69) is 20.6 Å². The predicted molar refractivity (Wildman–Crippen MR) is 56.2 cm³/mol. The maximum absolute atomic E-state index is 4.38. The van der Waals surface area contributed by atoms with E-state index in [1.165, 1.54) is 5.57 Å². The van der Waals surface area contributed by atoms with Crippen molar-refractivity contribution in [2.24, 2.45) is 9.98 Å². The quantitative estimate of drug-likeness (QED) is 0.571. The molecule has 72 valence electrons. The molecule has 0 bridgehead atoms. The molecule has 1 heterocycles. The Balaban J connectivity index is 2.74. The van der Waals surface area contributed by atoms with E-state index in [1.54, 1.807) is 7.05 Å². The SMILES string of the molecule is CN=C1N/C=C(/C)CN=C(C)CN1. The number of aliphatic imine (C=N–C) groups is 2. The average Bonchev–Trinajstić information content (AvgIpc) is 2.20. The van der Waals surface area contributed by atoms with Gasteiger partial charge in [-0.1, -0.05) is 0 Å². The molecule has 0 spiro atoms. The van der Waals surface area contributed by atoms with Gasteiger partial charge in [-0.25, -0.2) is 0 Å². The lowest BCUT2D eigenvalue weighted by Gasteiger charge is -2.06. The maximum Gasteiger partial charge on any atom is 0.195 e. The summed E-state index contributed by atoms with van der Waals surface area (Å²) in [5, 5.41) is 6.23. The molecule has 0 unspecified atom stereocenters. The molecule has 1 rings (SSSR count). The molecule has 13 heavy (non-hydrogen) atoms. The van der Waals surface area contributed by atoms with Crippen LogP contribution in [0.15, 0.2) is 21.8 Å². The fourth-order valence-electron chi connectivity index (χ4n) is 0.959. The number of hydrogen-bond donors (Lipinski definition) is 2. The second kappa shape index (κ2) is 4.64. The first-order valence-electron chi connectivity index (χ1n) is 4.35. The van der Waals surface area contributed by atoms with Crippen molar-refractivity contribution >= 4 is 11.7 Å². The lowest BCUT2D eigenvalue weighted by molar-refractivity contribution is 0.993. The van der Waals surface area contributed by atoms with Crippen molar-refractivity contribution in [3.8, 4) is 0 Å². The Morgan fingerprint density at radius 3 is 2.92 bits per heavy atom. The second-order valence-corrected chi connectivity index (χ2v) is 3.11. The number of hydrogen-bond acceptors (Lipinski definition) is 2. The van der Waals surface area contributed by atoms with Crippen molar-refractivity contribution in [2.75, 3.05) is 20.1 Å². The first-order chi connectivity index (χ1) is 6.22. The summed E-state index contributed by atoms with van der Waals surface area (Å²) in [7, 11) is 1.75. The molecule has 0 aliphatic carbocycles. The Labute approximate surface area is 78.9 Å². The Morgan fingerprint density at radius 2 is 2.23 bits per heavy atom. The van der Waals surface area contributed by atoms with Crippen molar-refractivity contribution in [1.29, 1.82) is 0 Å². The molecule has 2 N–H and O–H groups in total. The van der Waals surface area contributed by atoms with Gasteiger partial charge in [0.05, 0.1) is 13.1 Å². The first-order valence-corrected chi connectivity index (χ1v) is 4.35. The van der Waals surface area contributed by atoms with E-state index in [9.17, 15) is 0 Å². The van der Waals surface area contributed by atoms with Gasteiger partial charge in [-0.05, 0) is 19.4 Å². The van der Waals surface area contributed by atoms with Crippen LogP contribution < -0.4 is 10.6 Å². The topological polar surface area (TPSA) is 48.8 Å². The van der Waals surface area contributed by atoms with E-state index in [4.69, 9.17) is 0 Å². The minimum absolute atomic E-state index is 0.751. The molecular formula is C9H16N4. The Morgan fingerprint density at radius 1 is 1.46 bits per heavy atom. The highest BCUT2D eigenvalue weighted by atomic mass is 15.2. The molecule has 1 aliphatic heterocycles. The van der Waals surface area contributed by atoms with Crippen LogP contribution in [-0.4, -0.2) is 31.8 Å². The zero-order valence-corrected chi connectivity index (χ0v) is 8.39. The van der Waals surface area contributed by atoms with Crippen molar-refractivity contribution in [3.63, 3.8) is 0 Å². The smallest absolute Gasteiger partial charge is 0.195 e. The van der Waals surface area contributed by atoms with Gasteiger partial charge in [0.15, 0.2) is 5.96 Å². The highest BCUT2D eigenvalue weighted by molar-refractivity contribution is 5.90. The molecule has 0 radical (unpaired) electrons. The number of nitrogens with one attached hydrogen (secondary N) is 2. The van der Waals surface area contributed by atoms with Crippen molar-refractivity contribution in [3.05, 3.63) is 11.8 Å². The third kappa shape index (κ3) is 3.27. The lowest BCUT2D eigenvalue weighted by Crippen LogP contribution is -2.36. The lowest BCUT2D eigenvalue weighted by atomic mass is 10.3. The van der Waals surface area contributed by atoms with Gasteiger partial charge in [-0.2, -0.15) is 0 Å². The molecule has 0 amide bonds. The van der Waals surface area contributed by atoms with Crippen LogP contribution in [0.4, 0.5) is 0 Å². The van der Waals surface area contributed by atoms with Crippen LogP contribution >= 0.6 is 0 Å². The summed E-state index contributed by atoms with van der Waals surface area (Å²) >= 11 is 0. The van der Waals surface area contributed by atoms with Crippen LogP contribution in [0.2, 0.25) is 0 Å². The summed E-state index contributed by atoms with van der Waals surface area (Å²) in [4.78, 5) is 8.44. The van der Waals surface area contributed by atoms with E-state index in [-0.39, 0.29) is 0 Å². The molecule has 0 saturated heterocycles. The minimum Gasteiger partial charge on any atom is -0.351 e. The first kappa shape index (κ1) is 9.77. The zero-order chi connectivity index (χ0) is 9.68. The van der Waals surface area contributed by atoms with Crippen molar-refractivity contribution in [2.45, 2.75) is 13.8 Å². The number of guanidine groups is 1. The highest BCUT2D eigenvalue weighted by Crippen LogP contribution is 1.93. The monoisotopic (exact) mass is 180 g/mol. The van der Waals surface area contributed by atoms with E-state index in [1.807, 2.05) is 20.0 Å². The second-order valence-electron chi connectivity index (χ2n) is 3.11. The van der Waals surface area contributed by atoms with Gasteiger partial charge in [-0.3, -0.25) is 9.98 Å². The van der Waals surface area contributed by atoms with Crippen molar-refractivity contribution < 1.29 is 0 Å². The number of nitrogens with zero attached hydrogens (tertiary/aromatic N) is 2. The van der Waals surface area contributed by atoms with E-state index >= 15 is 0 Å². The van der Waals surface area contributed by atoms with Crippen molar-refractivity contribution in [1.82, 2.24) is 10.6 Å². The molecule has 0 aromatic heterocycles. The third-order valence-electron chi connectivity index (χ3n) is 1.79. The Hall–Kier alpha value is -1.32. The van der Waals surface area contributed by atoms with E-state index in [0.29, 0.717) is 0 Å². The highest BCUT2D eigenvalue weighted by Gasteiger charge is 1.99. The van der Waals surface area contributed by atoms with Gasteiger partial charge in [0.2, 0.25) is 0 Å². The van der Waals surface area contributed by atoms with E-state index in [0.717, 1.165) is 24.8 Å². The Kier molecular flexibility index (Phi) is 3.49. The maximum atomic E-state index is 4.38. The largest absolute Gasteiger partial charge is 0.351 e. The summed E-state index contributed by atoms with van der Waals surface area (Å²) in [5.41, 5.74) is 2.29. The summed E-state index contributed by atoms with van der Waals surface area (Å²) in [5.74, 6) is 0.788. The van der Waals surface area contributed by atoms with Gasteiger partial charge >= 0.3 is 0 Å². The van der Waals surface area contributed by atoms with Gasteiger partial charge in [-0.15, -0.1) is 0 Å². The third-order valence-corrected chi connectivity index (χ3v) is 1.79.